The third-order valence-corrected chi connectivity index (χ3v) is 6.55. The summed E-state index contributed by atoms with van der Waals surface area (Å²) in [5.74, 6) is -0.243. The molecule has 0 spiro atoms. The van der Waals surface area contributed by atoms with Gasteiger partial charge in [-0.05, 0) is 56.2 Å². The molecule has 1 aliphatic heterocycles. The zero-order chi connectivity index (χ0) is 21.5. The van der Waals surface area contributed by atoms with E-state index in [1.54, 1.807) is 17.0 Å². The summed E-state index contributed by atoms with van der Waals surface area (Å²) >= 11 is 1.44. The van der Waals surface area contributed by atoms with E-state index in [-0.39, 0.29) is 23.6 Å². The van der Waals surface area contributed by atoms with Gasteiger partial charge in [-0.1, -0.05) is 24.3 Å². The fourth-order valence-electron chi connectivity index (χ4n) is 3.92. The Kier molecular flexibility index (Phi) is 7.63. The molecule has 6 nitrogen and oxygen atoms in total. The van der Waals surface area contributed by atoms with Crippen molar-refractivity contribution in [3.63, 3.8) is 0 Å². The number of hydrogen-bond acceptors (Lipinski definition) is 4. The third kappa shape index (κ3) is 5.08. The molecule has 1 aliphatic rings. The molecule has 1 fully saturated rings. The molecule has 7 heteroatoms. The lowest BCUT2D eigenvalue weighted by atomic mass is 9.88. The number of nitrogens with zero attached hydrogens (tertiary/aromatic N) is 2. The van der Waals surface area contributed by atoms with E-state index < -0.39 is 6.04 Å². The predicted molar refractivity (Wildman–Crippen MR) is 119 cm³/mol. The largest absolute Gasteiger partial charge is 0.341 e. The molecule has 3 rings (SSSR count). The van der Waals surface area contributed by atoms with Crippen LogP contribution in [0.25, 0.3) is 0 Å². The fourth-order valence-corrected chi connectivity index (χ4v) is 4.61. The highest BCUT2D eigenvalue weighted by Gasteiger charge is 2.35. The summed E-state index contributed by atoms with van der Waals surface area (Å²) in [6.07, 6.45) is 1.37. The number of carbonyl (C=O) groups excluding carboxylic acids is 3. The minimum absolute atomic E-state index is 0.00171. The Morgan fingerprint density at radius 1 is 1.07 bits per heavy atom. The molecular formula is C23H29N3O3S. The number of hydrogen-bond donors (Lipinski definition) is 1. The number of amides is 3. The predicted octanol–water partition coefficient (Wildman–Crippen LogP) is 3.27. The van der Waals surface area contributed by atoms with Crippen molar-refractivity contribution < 1.29 is 14.4 Å². The maximum atomic E-state index is 13.2. The van der Waals surface area contributed by atoms with E-state index in [0.717, 1.165) is 4.88 Å². The number of nitrogens with one attached hydrogen (secondary N) is 1. The molecule has 1 saturated heterocycles. The van der Waals surface area contributed by atoms with Crippen LogP contribution < -0.4 is 5.32 Å². The van der Waals surface area contributed by atoms with E-state index in [9.17, 15) is 14.4 Å². The average Bonchev–Trinajstić information content (AvgIpc) is 3.33. The molecule has 3 amide bonds. The normalized spacial score (nSPS) is 15.5. The zero-order valence-electron chi connectivity index (χ0n) is 17.5. The molecular weight excluding hydrogens is 398 g/mol. The number of benzene rings is 1. The second-order valence-electron chi connectivity index (χ2n) is 7.43. The van der Waals surface area contributed by atoms with Gasteiger partial charge in [-0.25, -0.2) is 0 Å². The van der Waals surface area contributed by atoms with E-state index in [2.05, 4.69) is 5.32 Å². The number of piperidine rings is 1. The first-order valence-electron chi connectivity index (χ1n) is 10.5. The van der Waals surface area contributed by atoms with Crippen LogP contribution in [0.15, 0.2) is 47.8 Å². The smallest absolute Gasteiger partial charge is 0.263 e. The quantitative estimate of drug-likeness (QED) is 0.737. The molecule has 2 heterocycles. The van der Waals surface area contributed by atoms with Gasteiger partial charge in [0, 0.05) is 31.7 Å². The maximum absolute atomic E-state index is 13.2. The van der Waals surface area contributed by atoms with Gasteiger partial charge in [0.05, 0.1) is 4.88 Å². The molecule has 1 aromatic carbocycles. The van der Waals surface area contributed by atoms with Crippen molar-refractivity contribution in [3.8, 4) is 0 Å². The van der Waals surface area contributed by atoms with Crippen molar-refractivity contribution in [3.05, 3.63) is 58.3 Å². The van der Waals surface area contributed by atoms with Crippen molar-refractivity contribution >= 4 is 29.1 Å². The summed E-state index contributed by atoms with van der Waals surface area (Å²) in [6.45, 7) is 6.26. The maximum Gasteiger partial charge on any atom is 0.263 e. The van der Waals surface area contributed by atoms with Crippen LogP contribution in [0.3, 0.4) is 0 Å². The van der Waals surface area contributed by atoms with Crippen molar-refractivity contribution in [2.24, 2.45) is 5.92 Å². The van der Waals surface area contributed by atoms with Gasteiger partial charge in [0.2, 0.25) is 5.91 Å². The average molecular weight is 428 g/mol. The molecule has 1 N–H and O–H groups in total. The molecule has 160 valence electrons. The summed E-state index contributed by atoms with van der Waals surface area (Å²) in [4.78, 5) is 43.0. The zero-order valence-corrected chi connectivity index (χ0v) is 18.4. The van der Waals surface area contributed by atoms with Gasteiger partial charge in [-0.3, -0.25) is 14.4 Å². The fraction of sp³-hybridized carbons (Fsp3) is 0.435. The number of likely N-dealkylation sites (N-methyl/N-ethyl adjacent to an activating group) is 1. The number of thiophene rings is 1. The monoisotopic (exact) mass is 427 g/mol. The highest BCUT2D eigenvalue weighted by Crippen LogP contribution is 2.25. The Labute approximate surface area is 181 Å². The van der Waals surface area contributed by atoms with Gasteiger partial charge < -0.3 is 15.1 Å². The van der Waals surface area contributed by atoms with E-state index in [4.69, 9.17) is 0 Å². The van der Waals surface area contributed by atoms with Gasteiger partial charge in [0.25, 0.3) is 11.8 Å². The Hall–Kier alpha value is -2.67. The van der Waals surface area contributed by atoms with E-state index in [0.29, 0.717) is 44.6 Å². The number of likely N-dealkylation sites (tertiary alicyclic amines) is 1. The van der Waals surface area contributed by atoms with E-state index in [1.807, 2.05) is 54.5 Å². The van der Waals surface area contributed by atoms with Crippen LogP contribution in [-0.4, -0.2) is 59.7 Å². The minimum atomic E-state index is -0.586. The Bertz CT molecular complexity index is 842. The van der Waals surface area contributed by atoms with Crippen LogP contribution in [0.4, 0.5) is 0 Å². The van der Waals surface area contributed by atoms with Gasteiger partial charge in [0.15, 0.2) is 0 Å². The van der Waals surface area contributed by atoms with Crippen LogP contribution in [0.5, 0.6) is 0 Å². The van der Waals surface area contributed by atoms with Crippen LogP contribution >= 0.6 is 11.3 Å². The van der Waals surface area contributed by atoms with E-state index >= 15 is 0 Å². The molecule has 0 bridgehead atoms. The molecule has 1 atom stereocenters. The summed E-state index contributed by atoms with van der Waals surface area (Å²) in [7, 11) is 0. The lowest BCUT2D eigenvalue weighted by Crippen LogP contribution is -2.54. The van der Waals surface area contributed by atoms with Crippen LogP contribution in [0.1, 0.15) is 46.7 Å². The summed E-state index contributed by atoms with van der Waals surface area (Å²) in [5.41, 5.74) is 0.542. The van der Waals surface area contributed by atoms with Crippen LogP contribution in [-0.2, 0) is 4.79 Å². The first-order chi connectivity index (χ1) is 14.5. The van der Waals surface area contributed by atoms with Gasteiger partial charge >= 0.3 is 0 Å². The van der Waals surface area contributed by atoms with Crippen molar-refractivity contribution in [2.75, 3.05) is 26.2 Å². The molecule has 0 radical (unpaired) electrons. The Morgan fingerprint density at radius 2 is 1.73 bits per heavy atom. The lowest BCUT2D eigenvalue weighted by Gasteiger charge is -2.37. The summed E-state index contributed by atoms with van der Waals surface area (Å²) in [6, 6.07) is 12.1. The summed E-state index contributed by atoms with van der Waals surface area (Å²) in [5, 5.41) is 4.89. The highest BCUT2D eigenvalue weighted by molar-refractivity contribution is 7.12. The summed E-state index contributed by atoms with van der Waals surface area (Å²) < 4.78 is 0. The van der Waals surface area contributed by atoms with Crippen molar-refractivity contribution in [1.82, 2.24) is 15.1 Å². The van der Waals surface area contributed by atoms with Gasteiger partial charge in [-0.2, -0.15) is 0 Å². The van der Waals surface area contributed by atoms with Crippen LogP contribution in [0, 0.1) is 5.92 Å². The second kappa shape index (κ2) is 10.4. The van der Waals surface area contributed by atoms with Crippen molar-refractivity contribution in [2.45, 2.75) is 32.7 Å². The third-order valence-electron chi connectivity index (χ3n) is 5.69. The number of carbonyl (C=O) groups is 3. The molecule has 0 aliphatic carbocycles. The topological polar surface area (TPSA) is 69.7 Å². The minimum Gasteiger partial charge on any atom is -0.341 e. The number of rotatable bonds is 7. The lowest BCUT2D eigenvalue weighted by molar-refractivity contribution is -0.134. The van der Waals surface area contributed by atoms with Crippen LogP contribution in [0.2, 0.25) is 0 Å². The molecule has 30 heavy (non-hydrogen) atoms. The SMILES string of the molecule is CCN(CC)C(=O)C(NC(=O)c1ccccc1)C1CCN(C(=O)c2cccs2)CC1. The first kappa shape index (κ1) is 22.0. The first-order valence-corrected chi connectivity index (χ1v) is 11.4. The highest BCUT2D eigenvalue weighted by atomic mass is 32.1. The van der Waals surface area contributed by atoms with E-state index in [1.165, 1.54) is 11.3 Å². The molecule has 0 saturated carbocycles. The molecule has 1 aromatic heterocycles. The van der Waals surface area contributed by atoms with Gasteiger partial charge in [-0.15, -0.1) is 11.3 Å². The Balaban J connectivity index is 1.71. The Morgan fingerprint density at radius 3 is 2.30 bits per heavy atom. The van der Waals surface area contributed by atoms with Gasteiger partial charge in [0.1, 0.15) is 6.04 Å². The van der Waals surface area contributed by atoms with Crippen molar-refractivity contribution in [1.29, 1.82) is 0 Å². The second-order valence-corrected chi connectivity index (χ2v) is 8.38. The standard InChI is InChI=1S/C23H29N3O3S/c1-3-25(4-2)23(29)20(24-21(27)18-9-6-5-7-10-18)17-12-14-26(15-13-17)22(28)19-11-8-16-30-19/h5-11,16-17,20H,3-4,12-15H2,1-2H3,(H,24,27). The molecule has 1 unspecified atom stereocenters. The molecule has 2 aromatic rings.